The normalized spacial score (nSPS) is 11.5. The molecule has 0 atom stereocenters. The number of aryl methyl sites for hydroxylation is 1. The fraction of sp³-hybridized carbons (Fsp3) is 0.467. The third-order valence-electron chi connectivity index (χ3n) is 3.58. The van der Waals surface area contributed by atoms with Crippen LogP contribution in [0.5, 0.6) is 0 Å². The summed E-state index contributed by atoms with van der Waals surface area (Å²) in [7, 11) is 0. The molecule has 0 fully saturated rings. The van der Waals surface area contributed by atoms with Gasteiger partial charge in [-0.3, -0.25) is 0 Å². The molecule has 17 heavy (non-hydrogen) atoms. The smallest absolute Gasteiger partial charge is 0.0483 e. The summed E-state index contributed by atoms with van der Waals surface area (Å²) in [5.41, 5.74) is 2.72. The van der Waals surface area contributed by atoms with Gasteiger partial charge in [0.05, 0.1) is 0 Å². The summed E-state index contributed by atoms with van der Waals surface area (Å²) in [5.74, 6) is 0. The van der Waals surface area contributed by atoms with Crippen molar-refractivity contribution in [2.75, 3.05) is 19.6 Å². The number of rotatable bonds is 5. The van der Waals surface area contributed by atoms with E-state index in [4.69, 9.17) is 0 Å². The zero-order valence-corrected chi connectivity index (χ0v) is 11.1. The van der Waals surface area contributed by atoms with Crippen molar-refractivity contribution in [2.45, 2.75) is 27.3 Å². The second kappa shape index (κ2) is 5.37. The molecule has 0 saturated carbocycles. The van der Waals surface area contributed by atoms with Gasteiger partial charge < -0.3 is 9.47 Å². The highest BCUT2D eigenvalue weighted by Crippen LogP contribution is 2.19. The maximum atomic E-state index is 2.46. The fourth-order valence-electron chi connectivity index (χ4n) is 2.36. The van der Waals surface area contributed by atoms with Crippen molar-refractivity contribution in [3.63, 3.8) is 0 Å². The number of aromatic nitrogens is 1. The first-order valence-corrected chi connectivity index (χ1v) is 6.53. The number of hydrogen-bond acceptors (Lipinski definition) is 1. The molecule has 0 bridgehead atoms. The minimum Gasteiger partial charge on any atom is -0.346 e. The van der Waals surface area contributed by atoms with E-state index in [1.165, 1.54) is 16.5 Å². The molecule has 2 heteroatoms. The summed E-state index contributed by atoms with van der Waals surface area (Å²) in [6.45, 7) is 11.1. The molecule has 0 aliphatic heterocycles. The molecule has 0 unspecified atom stereocenters. The van der Waals surface area contributed by atoms with Crippen LogP contribution in [0.25, 0.3) is 10.9 Å². The average Bonchev–Trinajstić information content (AvgIpc) is 2.75. The van der Waals surface area contributed by atoms with E-state index in [1.54, 1.807) is 0 Å². The Labute approximate surface area is 104 Å². The van der Waals surface area contributed by atoms with Crippen LogP contribution in [0.4, 0.5) is 0 Å². The van der Waals surface area contributed by atoms with Crippen LogP contribution in [-0.4, -0.2) is 29.1 Å². The van der Waals surface area contributed by atoms with Crippen molar-refractivity contribution >= 4 is 10.9 Å². The van der Waals surface area contributed by atoms with E-state index in [0.717, 1.165) is 26.2 Å². The third kappa shape index (κ3) is 2.52. The number of fused-ring (bicyclic) bond motifs is 1. The molecule has 0 N–H and O–H groups in total. The highest BCUT2D eigenvalue weighted by atomic mass is 15.1. The Morgan fingerprint density at radius 2 is 1.88 bits per heavy atom. The van der Waals surface area contributed by atoms with Crippen molar-refractivity contribution < 1.29 is 0 Å². The van der Waals surface area contributed by atoms with Crippen LogP contribution < -0.4 is 0 Å². The lowest BCUT2D eigenvalue weighted by Crippen LogP contribution is -2.26. The predicted octanol–water partition coefficient (Wildman–Crippen LogP) is 3.29. The number of hydrogen-bond donors (Lipinski definition) is 0. The highest BCUT2D eigenvalue weighted by Gasteiger charge is 2.04. The van der Waals surface area contributed by atoms with E-state index >= 15 is 0 Å². The van der Waals surface area contributed by atoms with E-state index in [9.17, 15) is 0 Å². The molecule has 92 valence electrons. The zero-order chi connectivity index (χ0) is 12.3. The Kier molecular flexibility index (Phi) is 3.85. The third-order valence-corrected chi connectivity index (χ3v) is 3.58. The quantitative estimate of drug-likeness (QED) is 0.765. The van der Waals surface area contributed by atoms with Crippen molar-refractivity contribution in [3.05, 3.63) is 36.0 Å². The van der Waals surface area contributed by atoms with Gasteiger partial charge in [0.1, 0.15) is 0 Å². The van der Waals surface area contributed by atoms with Crippen LogP contribution in [0.2, 0.25) is 0 Å². The van der Waals surface area contributed by atoms with E-state index in [2.05, 4.69) is 60.7 Å². The van der Waals surface area contributed by atoms with E-state index in [0.29, 0.717) is 0 Å². The molecule has 1 aromatic carbocycles. The number of likely N-dealkylation sites (N-methyl/N-ethyl adjacent to an activating group) is 1. The van der Waals surface area contributed by atoms with Gasteiger partial charge in [-0.25, -0.2) is 0 Å². The molecule has 0 radical (unpaired) electrons. The Hall–Kier alpha value is -1.28. The molecule has 2 aromatic rings. The molecular weight excluding hydrogens is 208 g/mol. The van der Waals surface area contributed by atoms with Crippen molar-refractivity contribution in [3.8, 4) is 0 Å². The first kappa shape index (κ1) is 12.2. The van der Waals surface area contributed by atoms with Crippen LogP contribution in [-0.2, 0) is 6.54 Å². The highest BCUT2D eigenvalue weighted by molar-refractivity contribution is 5.83. The van der Waals surface area contributed by atoms with Crippen LogP contribution in [0.3, 0.4) is 0 Å². The van der Waals surface area contributed by atoms with Crippen LogP contribution in [0.15, 0.2) is 30.5 Å². The van der Waals surface area contributed by atoms with Gasteiger partial charge in [0.2, 0.25) is 0 Å². The van der Waals surface area contributed by atoms with Crippen LogP contribution in [0.1, 0.15) is 19.4 Å². The summed E-state index contributed by atoms with van der Waals surface area (Å²) >= 11 is 0. The Morgan fingerprint density at radius 3 is 2.59 bits per heavy atom. The topological polar surface area (TPSA) is 8.17 Å². The van der Waals surface area contributed by atoms with Gasteiger partial charge in [0.15, 0.2) is 0 Å². The maximum Gasteiger partial charge on any atom is 0.0483 e. The summed E-state index contributed by atoms with van der Waals surface area (Å²) in [5, 5.41) is 1.38. The maximum absolute atomic E-state index is 2.46. The van der Waals surface area contributed by atoms with Gasteiger partial charge in [0.25, 0.3) is 0 Å². The molecular formula is C15H22N2. The molecule has 2 nitrogen and oxygen atoms in total. The van der Waals surface area contributed by atoms with Gasteiger partial charge in [-0.2, -0.15) is 0 Å². The molecule has 0 amide bonds. The van der Waals surface area contributed by atoms with Crippen LogP contribution >= 0.6 is 0 Å². The lowest BCUT2D eigenvalue weighted by Gasteiger charge is -2.18. The first-order valence-electron chi connectivity index (χ1n) is 6.53. The molecule has 1 aromatic heterocycles. The summed E-state index contributed by atoms with van der Waals surface area (Å²) < 4.78 is 2.36. The molecule has 0 spiro atoms. The number of benzene rings is 1. The van der Waals surface area contributed by atoms with E-state index in [-0.39, 0.29) is 0 Å². The molecule has 0 aliphatic carbocycles. The SMILES string of the molecule is CCN(CC)CCn1ccc2c(C)cccc21. The minimum absolute atomic E-state index is 1.08. The fourth-order valence-corrected chi connectivity index (χ4v) is 2.36. The van der Waals surface area contributed by atoms with Crippen molar-refractivity contribution in [2.24, 2.45) is 0 Å². The van der Waals surface area contributed by atoms with Crippen molar-refractivity contribution in [1.29, 1.82) is 0 Å². The van der Waals surface area contributed by atoms with Gasteiger partial charge in [-0.15, -0.1) is 0 Å². The predicted molar refractivity (Wildman–Crippen MR) is 74.5 cm³/mol. The summed E-state index contributed by atoms with van der Waals surface area (Å²) in [6.07, 6.45) is 2.21. The van der Waals surface area contributed by atoms with Gasteiger partial charge in [-0.05, 0) is 37.7 Å². The zero-order valence-electron chi connectivity index (χ0n) is 11.1. The monoisotopic (exact) mass is 230 g/mol. The van der Waals surface area contributed by atoms with Gasteiger partial charge in [-0.1, -0.05) is 26.0 Å². The second-order valence-corrected chi connectivity index (χ2v) is 4.54. The number of nitrogens with zero attached hydrogens (tertiary/aromatic N) is 2. The minimum atomic E-state index is 1.08. The standard InChI is InChI=1S/C15H22N2/c1-4-16(5-2)11-12-17-10-9-14-13(3)7-6-8-15(14)17/h6-10H,4-5,11-12H2,1-3H3. The van der Waals surface area contributed by atoms with Crippen LogP contribution in [0, 0.1) is 6.92 Å². The summed E-state index contributed by atoms with van der Waals surface area (Å²) in [4.78, 5) is 2.46. The van der Waals surface area contributed by atoms with E-state index < -0.39 is 0 Å². The lowest BCUT2D eigenvalue weighted by atomic mass is 10.1. The molecule has 0 saturated heterocycles. The van der Waals surface area contributed by atoms with Crippen molar-refractivity contribution in [1.82, 2.24) is 9.47 Å². The Bertz CT molecular complexity index is 481. The average molecular weight is 230 g/mol. The van der Waals surface area contributed by atoms with E-state index in [1.807, 2.05) is 0 Å². The van der Waals surface area contributed by atoms with Gasteiger partial charge in [0, 0.05) is 30.2 Å². The molecule has 2 rings (SSSR count). The Morgan fingerprint density at radius 1 is 1.12 bits per heavy atom. The first-order chi connectivity index (χ1) is 8.26. The summed E-state index contributed by atoms with van der Waals surface area (Å²) in [6, 6.07) is 8.76. The Balaban J connectivity index is 2.17. The molecule has 1 heterocycles. The molecule has 0 aliphatic rings. The largest absolute Gasteiger partial charge is 0.346 e. The lowest BCUT2D eigenvalue weighted by molar-refractivity contribution is 0.292. The van der Waals surface area contributed by atoms with Gasteiger partial charge >= 0.3 is 0 Å². The second-order valence-electron chi connectivity index (χ2n) is 4.54.